The van der Waals surface area contributed by atoms with E-state index in [9.17, 15) is 28.8 Å². The molecule has 57 heavy (non-hydrogen) atoms. The number of benzene rings is 2. The number of methoxy groups -OCH3 is 2. The van der Waals surface area contributed by atoms with E-state index in [-0.39, 0.29) is 47.7 Å². The van der Waals surface area contributed by atoms with Crippen molar-refractivity contribution in [1.29, 1.82) is 0 Å². The molecule has 312 valence electrons. The maximum absolute atomic E-state index is 13.2. The highest BCUT2D eigenvalue weighted by atomic mass is 16.6. The van der Waals surface area contributed by atoms with Crippen LogP contribution in [-0.4, -0.2) is 60.9 Å². The maximum atomic E-state index is 13.2. The highest BCUT2D eigenvalue weighted by Gasteiger charge is 2.33. The van der Waals surface area contributed by atoms with Gasteiger partial charge in [-0.15, -0.1) is 0 Å². The molecule has 0 fully saturated rings. The zero-order valence-corrected chi connectivity index (χ0v) is 35.5. The minimum Gasteiger partial charge on any atom is -0.493 e. The van der Waals surface area contributed by atoms with Crippen molar-refractivity contribution in [3.05, 3.63) is 59.7 Å². The van der Waals surface area contributed by atoms with Crippen molar-refractivity contribution in [3.63, 3.8) is 0 Å². The second kappa shape index (κ2) is 21.9. The first-order valence-electron chi connectivity index (χ1n) is 19.2. The Bertz CT molecular complexity index is 1660. The van der Waals surface area contributed by atoms with Gasteiger partial charge < -0.3 is 28.4 Å². The van der Waals surface area contributed by atoms with Crippen LogP contribution in [0.25, 0.3) is 12.2 Å². The Morgan fingerprint density at radius 1 is 0.579 bits per heavy atom. The first-order valence-corrected chi connectivity index (χ1v) is 19.2. The van der Waals surface area contributed by atoms with Crippen LogP contribution >= 0.6 is 0 Å². The molecular weight excluding hydrogens is 732 g/mol. The summed E-state index contributed by atoms with van der Waals surface area (Å²) in [7, 11) is 2.83. The topological polar surface area (TPSA) is 158 Å². The van der Waals surface area contributed by atoms with Crippen molar-refractivity contribution in [2.24, 2.45) is 23.7 Å². The standard InChI is InChI=1S/C45H60O12/c1-13-28(3)34(26-40(48)56-44(5,6)7)42(50)54-36-21-17-30(23-38(36)52-11)15-19-32(46)25-33(47)20-16-31-18-22-37(39(24-31)53-12)55-43(51)35(29(4)14-2)27-41(49)57-45(8,9)10/h15-24,28-29,34-35H,13-14,25-27H2,1-12H3/b19-15+,20-16+/t28-,29-,34-,35-/m0/s1. The Kier molecular flexibility index (Phi) is 18.4. The lowest BCUT2D eigenvalue weighted by molar-refractivity contribution is -0.160. The number of hydrogen-bond donors (Lipinski definition) is 0. The minimum atomic E-state index is -0.727. The van der Waals surface area contributed by atoms with Gasteiger partial charge in [0.1, 0.15) is 11.2 Å². The molecule has 0 amide bonds. The number of hydrogen-bond acceptors (Lipinski definition) is 12. The summed E-state index contributed by atoms with van der Waals surface area (Å²) in [6.07, 6.45) is 6.23. The molecule has 0 aliphatic heterocycles. The van der Waals surface area contributed by atoms with Gasteiger partial charge in [0.15, 0.2) is 34.6 Å². The SMILES string of the molecule is CC[C@H](C)[C@H](CC(=O)OC(C)(C)C)C(=O)Oc1ccc(/C=C/C(=O)CC(=O)/C=C/c2ccc(OC(=O)[C@@H](CC(=O)OC(C)(C)C)[C@@H](C)CC)c(OC)c2)cc1OC. The first-order chi connectivity index (χ1) is 26.6. The van der Waals surface area contributed by atoms with Crippen LogP contribution < -0.4 is 18.9 Å². The number of rotatable bonds is 20. The van der Waals surface area contributed by atoms with Crippen LogP contribution in [0.3, 0.4) is 0 Å². The van der Waals surface area contributed by atoms with Crippen molar-refractivity contribution in [2.45, 2.75) is 113 Å². The molecule has 0 aliphatic carbocycles. The van der Waals surface area contributed by atoms with E-state index < -0.39 is 64.9 Å². The van der Waals surface area contributed by atoms with Crippen molar-refractivity contribution < 1.29 is 57.2 Å². The average molecular weight is 793 g/mol. The fourth-order valence-electron chi connectivity index (χ4n) is 5.51. The summed E-state index contributed by atoms with van der Waals surface area (Å²) in [6, 6.07) is 9.49. The lowest BCUT2D eigenvalue weighted by Gasteiger charge is -2.24. The molecule has 2 rings (SSSR count). The highest BCUT2D eigenvalue weighted by molar-refractivity contribution is 6.11. The Balaban J connectivity index is 2.08. The lowest BCUT2D eigenvalue weighted by Crippen LogP contribution is -2.32. The molecule has 12 nitrogen and oxygen atoms in total. The van der Waals surface area contributed by atoms with Crippen LogP contribution in [0, 0.1) is 23.7 Å². The quantitative estimate of drug-likeness (QED) is 0.0545. The van der Waals surface area contributed by atoms with Gasteiger partial charge in [0.05, 0.1) is 45.3 Å². The number of ketones is 2. The molecule has 2 aromatic rings. The molecule has 0 aliphatic rings. The van der Waals surface area contributed by atoms with E-state index in [1.807, 2.05) is 27.7 Å². The summed E-state index contributed by atoms with van der Waals surface area (Å²) in [5, 5.41) is 0. The van der Waals surface area contributed by atoms with Crippen LogP contribution in [0.1, 0.15) is 112 Å². The molecule has 0 saturated heterocycles. The second-order valence-electron chi connectivity index (χ2n) is 16.0. The number of carbonyl (C=O) groups excluding carboxylic acids is 6. The summed E-state index contributed by atoms with van der Waals surface area (Å²) < 4.78 is 33.1. The third kappa shape index (κ3) is 16.8. The predicted octanol–water partition coefficient (Wildman–Crippen LogP) is 8.56. The van der Waals surface area contributed by atoms with E-state index in [2.05, 4.69) is 0 Å². The zero-order chi connectivity index (χ0) is 43.1. The van der Waals surface area contributed by atoms with Crippen molar-refractivity contribution in [1.82, 2.24) is 0 Å². The first kappa shape index (κ1) is 47.9. The van der Waals surface area contributed by atoms with E-state index in [0.717, 1.165) is 0 Å². The van der Waals surface area contributed by atoms with Crippen LogP contribution in [0.2, 0.25) is 0 Å². The normalized spacial score (nSPS) is 14.0. The van der Waals surface area contributed by atoms with Crippen LogP contribution in [0.4, 0.5) is 0 Å². The highest BCUT2D eigenvalue weighted by Crippen LogP contribution is 2.33. The number of ether oxygens (including phenoxy) is 6. The van der Waals surface area contributed by atoms with E-state index in [1.54, 1.807) is 65.8 Å². The van der Waals surface area contributed by atoms with E-state index in [4.69, 9.17) is 28.4 Å². The molecule has 0 radical (unpaired) electrons. The Hall–Kier alpha value is -5.26. The molecule has 4 atom stereocenters. The number of carbonyl (C=O) groups is 6. The van der Waals surface area contributed by atoms with Gasteiger partial charge in [-0.2, -0.15) is 0 Å². The van der Waals surface area contributed by atoms with Gasteiger partial charge in [0, 0.05) is 0 Å². The van der Waals surface area contributed by atoms with Crippen molar-refractivity contribution in [2.75, 3.05) is 14.2 Å². The maximum Gasteiger partial charge on any atom is 0.315 e. The molecule has 0 unspecified atom stereocenters. The van der Waals surface area contributed by atoms with E-state index in [0.29, 0.717) is 24.0 Å². The molecule has 2 aromatic carbocycles. The fourth-order valence-corrected chi connectivity index (χ4v) is 5.51. The molecular formula is C45H60O12. The van der Waals surface area contributed by atoms with Gasteiger partial charge in [-0.1, -0.05) is 64.8 Å². The summed E-state index contributed by atoms with van der Waals surface area (Å²) in [4.78, 5) is 76.8. The Morgan fingerprint density at radius 3 is 1.23 bits per heavy atom. The van der Waals surface area contributed by atoms with Gasteiger partial charge >= 0.3 is 23.9 Å². The largest absolute Gasteiger partial charge is 0.493 e. The molecule has 0 bridgehead atoms. The molecule has 0 N–H and O–H groups in total. The average Bonchev–Trinajstić information content (AvgIpc) is 3.12. The summed E-state index contributed by atoms with van der Waals surface area (Å²) in [5.74, 6) is -4.00. The summed E-state index contributed by atoms with van der Waals surface area (Å²) in [5.41, 5.74) is -0.256. The monoisotopic (exact) mass is 792 g/mol. The Morgan fingerprint density at radius 2 is 0.930 bits per heavy atom. The van der Waals surface area contributed by atoms with Gasteiger partial charge in [0.2, 0.25) is 0 Å². The predicted molar refractivity (Wildman–Crippen MR) is 217 cm³/mol. The van der Waals surface area contributed by atoms with Crippen LogP contribution in [0.15, 0.2) is 48.6 Å². The van der Waals surface area contributed by atoms with Crippen molar-refractivity contribution >= 4 is 47.6 Å². The number of allylic oxidation sites excluding steroid dienone is 2. The minimum absolute atomic E-state index is 0.124. The third-order valence-electron chi connectivity index (χ3n) is 8.95. The molecule has 12 heteroatoms. The number of esters is 4. The van der Waals surface area contributed by atoms with Crippen molar-refractivity contribution in [3.8, 4) is 23.0 Å². The lowest BCUT2D eigenvalue weighted by atomic mass is 9.89. The smallest absolute Gasteiger partial charge is 0.315 e. The van der Waals surface area contributed by atoms with Gasteiger partial charge in [-0.05, 0) is 101 Å². The molecule has 0 aromatic heterocycles. The second-order valence-corrected chi connectivity index (χ2v) is 16.0. The summed E-state index contributed by atoms with van der Waals surface area (Å²) >= 11 is 0. The Labute approximate surface area is 337 Å². The summed E-state index contributed by atoms with van der Waals surface area (Å²) in [6.45, 7) is 18.2. The molecule has 0 spiro atoms. The van der Waals surface area contributed by atoms with Crippen LogP contribution in [-0.2, 0) is 38.2 Å². The van der Waals surface area contributed by atoms with Gasteiger partial charge in [-0.25, -0.2) is 0 Å². The molecule has 0 heterocycles. The van der Waals surface area contributed by atoms with Crippen LogP contribution in [0.5, 0.6) is 23.0 Å². The van der Waals surface area contributed by atoms with Gasteiger partial charge in [-0.3, -0.25) is 28.8 Å². The fraction of sp³-hybridized carbons (Fsp3) is 0.511. The third-order valence-corrected chi connectivity index (χ3v) is 8.95. The van der Waals surface area contributed by atoms with E-state index >= 15 is 0 Å². The zero-order valence-electron chi connectivity index (χ0n) is 35.5. The molecule has 0 saturated carbocycles. The van der Waals surface area contributed by atoms with Gasteiger partial charge in [0.25, 0.3) is 0 Å². The van der Waals surface area contributed by atoms with E-state index in [1.165, 1.54) is 50.7 Å².